The number of ether oxygens (including phenoxy) is 1. The Balaban J connectivity index is 1.64. The van der Waals surface area contributed by atoms with Gasteiger partial charge in [-0.2, -0.15) is 0 Å². The Hall–Kier alpha value is -3.00. The van der Waals surface area contributed by atoms with Crippen molar-refractivity contribution < 1.29 is 14.5 Å². The SMILES string of the molecule is O=C(Nc1ccc(N2CCOCC2)nc1)c1ccc([N+](=O)[O-])cc1. The highest BCUT2D eigenvalue weighted by molar-refractivity contribution is 6.04. The summed E-state index contributed by atoms with van der Waals surface area (Å²) in [6, 6.07) is 9.06. The van der Waals surface area contributed by atoms with Crippen LogP contribution in [0.4, 0.5) is 17.2 Å². The monoisotopic (exact) mass is 328 g/mol. The summed E-state index contributed by atoms with van der Waals surface area (Å²) in [5.74, 6) is 0.498. The first kappa shape index (κ1) is 15.9. The molecule has 8 nitrogen and oxygen atoms in total. The van der Waals surface area contributed by atoms with Crippen LogP contribution in [0.25, 0.3) is 0 Å². The Bertz CT molecular complexity index is 725. The minimum Gasteiger partial charge on any atom is -0.378 e. The van der Waals surface area contributed by atoms with Gasteiger partial charge in [0.05, 0.1) is 30.0 Å². The van der Waals surface area contributed by atoms with Crippen molar-refractivity contribution >= 4 is 23.1 Å². The summed E-state index contributed by atoms with van der Waals surface area (Å²) >= 11 is 0. The average molecular weight is 328 g/mol. The molecule has 8 heteroatoms. The molecule has 1 amide bonds. The fourth-order valence-electron chi connectivity index (χ4n) is 2.38. The molecule has 124 valence electrons. The zero-order valence-electron chi connectivity index (χ0n) is 12.8. The van der Waals surface area contributed by atoms with Crippen molar-refractivity contribution in [3.8, 4) is 0 Å². The van der Waals surface area contributed by atoms with E-state index in [9.17, 15) is 14.9 Å². The lowest BCUT2D eigenvalue weighted by Gasteiger charge is -2.27. The molecule has 2 aromatic rings. The van der Waals surface area contributed by atoms with Gasteiger partial charge in [0, 0.05) is 30.8 Å². The number of rotatable bonds is 4. The zero-order chi connectivity index (χ0) is 16.9. The van der Waals surface area contributed by atoms with E-state index in [1.807, 2.05) is 6.07 Å². The van der Waals surface area contributed by atoms with Crippen LogP contribution >= 0.6 is 0 Å². The van der Waals surface area contributed by atoms with Crippen molar-refractivity contribution in [1.82, 2.24) is 4.98 Å². The molecule has 0 radical (unpaired) electrons. The minimum atomic E-state index is -0.504. The number of carbonyl (C=O) groups excluding carboxylic acids is 1. The smallest absolute Gasteiger partial charge is 0.269 e. The number of carbonyl (C=O) groups is 1. The van der Waals surface area contributed by atoms with Gasteiger partial charge in [0.15, 0.2) is 0 Å². The van der Waals surface area contributed by atoms with Gasteiger partial charge in [-0.05, 0) is 24.3 Å². The highest BCUT2D eigenvalue weighted by atomic mass is 16.6. The van der Waals surface area contributed by atoms with Crippen LogP contribution in [0.1, 0.15) is 10.4 Å². The summed E-state index contributed by atoms with van der Waals surface area (Å²) < 4.78 is 5.30. The molecular formula is C16H16N4O4. The third kappa shape index (κ3) is 3.66. The van der Waals surface area contributed by atoms with Gasteiger partial charge >= 0.3 is 0 Å². The number of amides is 1. The minimum absolute atomic E-state index is 0.0527. The van der Waals surface area contributed by atoms with Gasteiger partial charge in [0.2, 0.25) is 0 Å². The second kappa shape index (κ2) is 7.05. The molecule has 1 aromatic carbocycles. The number of hydrogen-bond donors (Lipinski definition) is 1. The summed E-state index contributed by atoms with van der Waals surface area (Å²) in [4.78, 5) is 28.7. The molecule has 1 aromatic heterocycles. The van der Waals surface area contributed by atoms with Crippen LogP contribution in [-0.4, -0.2) is 42.1 Å². The number of nitrogens with zero attached hydrogens (tertiary/aromatic N) is 3. The Morgan fingerprint density at radius 3 is 2.46 bits per heavy atom. The molecule has 0 bridgehead atoms. The molecule has 0 saturated carbocycles. The first-order valence-corrected chi connectivity index (χ1v) is 7.48. The van der Waals surface area contributed by atoms with Gasteiger partial charge in [-0.1, -0.05) is 0 Å². The first-order chi connectivity index (χ1) is 11.6. The van der Waals surface area contributed by atoms with Crippen LogP contribution < -0.4 is 10.2 Å². The van der Waals surface area contributed by atoms with E-state index in [2.05, 4.69) is 15.2 Å². The molecule has 1 aliphatic heterocycles. The van der Waals surface area contributed by atoms with E-state index in [0.717, 1.165) is 18.9 Å². The van der Waals surface area contributed by atoms with Gasteiger partial charge < -0.3 is 15.0 Å². The lowest BCUT2D eigenvalue weighted by atomic mass is 10.2. The van der Waals surface area contributed by atoms with Crippen molar-refractivity contribution in [2.45, 2.75) is 0 Å². The molecule has 0 aliphatic carbocycles. The van der Waals surface area contributed by atoms with Crippen molar-refractivity contribution in [3.05, 3.63) is 58.3 Å². The summed E-state index contributed by atoms with van der Waals surface area (Å²) in [5, 5.41) is 13.3. The number of benzene rings is 1. The Morgan fingerprint density at radius 2 is 1.88 bits per heavy atom. The maximum Gasteiger partial charge on any atom is 0.269 e. The van der Waals surface area contributed by atoms with Crippen molar-refractivity contribution in [2.24, 2.45) is 0 Å². The van der Waals surface area contributed by atoms with Crippen LogP contribution in [0.3, 0.4) is 0 Å². The Labute approximate surface area is 138 Å². The average Bonchev–Trinajstić information content (AvgIpc) is 2.63. The largest absolute Gasteiger partial charge is 0.378 e. The van der Waals surface area contributed by atoms with Gasteiger partial charge in [-0.3, -0.25) is 14.9 Å². The topological polar surface area (TPSA) is 97.6 Å². The number of nitro groups is 1. The van der Waals surface area contributed by atoms with Crippen LogP contribution in [0.15, 0.2) is 42.6 Å². The fourth-order valence-corrected chi connectivity index (χ4v) is 2.38. The van der Waals surface area contributed by atoms with Crippen LogP contribution in [0.5, 0.6) is 0 Å². The number of non-ortho nitro benzene ring substituents is 1. The standard InChI is InChI=1S/C16H16N4O4/c21-16(12-1-4-14(5-2-12)20(22)23)18-13-3-6-15(17-11-13)19-7-9-24-10-8-19/h1-6,11H,7-10H2,(H,18,21). The number of aromatic nitrogens is 1. The van der Waals surface area contributed by atoms with Gasteiger partial charge in [-0.15, -0.1) is 0 Å². The Morgan fingerprint density at radius 1 is 1.17 bits per heavy atom. The molecule has 0 spiro atoms. The second-order valence-corrected chi connectivity index (χ2v) is 5.26. The van der Waals surface area contributed by atoms with E-state index in [1.165, 1.54) is 24.3 Å². The molecule has 0 atom stereocenters. The van der Waals surface area contributed by atoms with Crippen molar-refractivity contribution in [1.29, 1.82) is 0 Å². The van der Waals surface area contributed by atoms with E-state index in [4.69, 9.17) is 4.74 Å². The summed E-state index contributed by atoms with van der Waals surface area (Å²) in [5.41, 5.74) is 0.858. The third-order valence-electron chi connectivity index (χ3n) is 3.68. The fraction of sp³-hybridized carbons (Fsp3) is 0.250. The maximum atomic E-state index is 12.1. The number of anilines is 2. The third-order valence-corrected chi connectivity index (χ3v) is 3.68. The predicted molar refractivity (Wildman–Crippen MR) is 88.3 cm³/mol. The van der Waals surface area contributed by atoms with Crippen LogP contribution in [-0.2, 0) is 4.74 Å². The molecule has 2 heterocycles. The Kier molecular flexibility index (Phi) is 4.66. The highest BCUT2D eigenvalue weighted by Crippen LogP contribution is 2.17. The molecule has 1 fully saturated rings. The summed E-state index contributed by atoms with van der Waals surface area (Å²) in [6.45, 7) is 2.95. The first-order valence-electron chi connectivity index (χ1n) is 7.48. The lowest BCUT2D eigenvalue weighted by molar-refractivity contribution is -0.384. The van der Waals surface area contributed by atoms with E-state index in [1.54, 1.807) is 12.3 Å². The van der Waals surface area contributed by atoms with Gasteiger partial charge in [0.1, 0.15) is 5.82 Å². The molecular weight excluding hydrogens is 312 g/mol. The number of pyridine rings is 1. The summed E-state index contributed by atoms with van der Waals surface area (Å²) in [7, 11) is 0. The predicted octanol–water partition coefficient (Wildman–Crippen LogP) is 2.08. The van der Waals surface area contributed by atoms with E-state index < -0.39 is 4.92 Å². The number of nitrogens with one attached hydrogen (secondary N) is 1. The highest BCUT2D eigenvalue weighted by Gasteiger charge is 2.13. The number of morpholine rings is 1. The molecule has 1 aliphatic rings. The number of hydrogen-bond acceptors (Lipinski definition) is 6. The quantitative estimate of drug-likeness (QED) is 0.681. The van der Waals surface area contributed by atoms with E-state index in [0.29, 0.717) is 24.5 Å². The zero-order valence-corrected chi connectivity index (χ0v) is 12.8. The van der Waals surface area contributed by atoms with E-state index in [-0.39, 0.29) is 11.6 Å². The normalized spacial score (nSPS) is 14.2. The second-order valence-electron chi connectivity index (χ2n) is 5.26. The van der Waals surface area contributed by atoms with Crippen molar-refractivity contribution in [2.75, 3.05) is 36.5 Å². The number of nitro benzene ring substituents is 1. The van der Waals surface area contributed by atoms with Crippen molar-refractivity contribution in [3.63, 3.8) is 0 Å². The molecule has 3 rings (SSSR count). The van der Waals surface area contributed by atoms with Crippen LogP contribution in [0.2, 0.25) is 0 Å². The molecule has 1 N–H and O–H groups in total. The van der Waals surface area contributed by atoms with Gasteiger partial charge in [-0.25, -0.2) is 4.98 Å². The molecule has 1 saturated heterocycles. The lowest BCUT2D eigenvalue weighted by Crippen LogP contribution is -2.36. The van der Waals surface area contributed by atoms with Gasteiger partial charge in [0.25, 0.3) is 11.6 Å². The molecule has 24 heavy (non-hydrogen) atoms. The van der Waals surface area contributed by atoms with E-state index >= 15 is 0 Å². The van der Waals surface area contributed by atoms with Crippen LogP contribution in [0, 0.1) is 10.1 Å². The molecule has 0 unspecified atom stereocenters. The maximum absolute atomic E-state index is 12.1. The summed E-state index contributed by atoms with van der Waals surface area (Å²) in [6.07, 6.45) is 1.59.